The van der Waals surface area contributed by atoms with Gasteiger partial charge in [-0.15, -0.1) is 0 Å². The molecule has 1 fully saturated rings. The van der Waals surface area contributed by atoms with Crippen molar-refractivity contribution in [2.45, 2.75) is 11.0 Å². The summed E-state index contributed by atoms with van der Waals surface area (Å²) in [7, 11) is 0.0424. The van der Waals surface area contributed by atoms with Gasteiger partial charge in [0.15, 0.2) is 0 Å². The number of likely N-dealkylation sites (N-methyl/N-ethyl adjacent to an activating group) is 1. The van der Waals surface area contributed by atoms with Gasteiger partial charge in [0.05, 0.1) is 25.1 Å². The van der Waals surface area contributed by atoms with E-state index in [1.54, 1.807) is 7.05 Å². The Bertz CT molecular complexity index is 533. The summed E-state index contributed by atoms with van der Waals surface area (Å²) < 4.78 is 32.2. The Morgan fingerprint density at radius 3 is 2.75 bits per heavy atom. The van der Waals surface area contributed by atoms with Gasteiger partial charge in [0.25, 0.3) is 0 Å². The molecule has 0 aromatic carbocycles. The molecule has 112 valence electrons. The molecule has 1 unspecified atom stereocenters. The molecule has 0 aliphatic carbocycles. The molecule has 2 heterocycles. The van der Waals surface area contributed by atoms with E-state index in [9.17, 15) is 8.42 Å². The monoisotopic (exact) mass is 301 g/mol. The van der Waals surface area contributed by atoms with E-state index in [1.807, 2.05) is 7.05 Å². The third-order valence-electron chi connectivity index (χ3n) is 3.00. The van der Waals surface area contributed by atoms with E-state index in [0.29, 0.717) is 19.1 Å². The molecular formula is C11H19N5O3S. The van der Waals surface area contributed by atoms with Crippen LogP contribution in [-0.2, 0) is 14.8 Å². The standard InChI is InChI=1S/C11H19N5O3S/c1-12-11-13-6-10(7-14-11)20(17,18)15-5-9-8-16(2)3-4-19-9/h6-7,9,15H,3-5,8H2,1-2H3,(H,12,13,14). The predicted molar refractivity (Wildman–Crippen MR) is 74.0 cm³/mol. The fraction of sp³-hybridized carbons (Fsp3) is 0.636. The molecule has 0 spiro atoms. The summed E-state index contributed by atoms with van der Waals surface area (Å²) in [6.45, 7) is 2.42. The van der Waals surface area contributed by atoms with E-state index in [2.05, 4.69) is 24.9 Å². The first-order valence-electron chi connectivity index (χ1n) is 6.31. The number of sulfonamides is 1. The Morgan fingerprint density at radius 2 is 2.15 bits per heavy atom. The molecular weight excluding hydrogens is 282 g/mol. The lowest BCUT2D eigenvalue weighted by atomic mass is 10.3. The van der Waals surface area contributed by atoms with Crippen molar-refractivity contribution in [1.29, 1.82) is 0 Å². The zero-order valence-electron chi connectivity index (χ0n) is 11.5. The first kappa shape index (κ1) is 15.1. The van der Waals surface area contributed by atoms with Crippen molar-refractivity contribution < 1.29 is 13.2 Å². The van der Waals surface area contributed by atoms with Crippen LogP contribution in [0.2, 0.25) is 0 Å². The number of rotatable bonds is 5. The smallest absolute Gasteiger partial charge is 0.243 e. The Balaban J connectivity index is 1.96. The molecule has 2 N–H and O–H groups in total. The summed E-state index contributed by atoms with van der Waals surface area (Å²) in [5.41, 5.74) is 0. The lowest BCUT2D eigenvalue weighted by molar-refractivity contribution is -0.0156. The molecule has 1 atom stereocenters. The fourth-order valence-electron chi connectivity index (χ4n) is 1.86. The lowest BCUT2D eigenvalue weighted by Crippen LogP contribution is -2.45. The van der Waals surface area contributed by atoms with Crippen LogP contribution < -0.4 is 10.0 Å². The van der Waals surface area contributed by atoms with E-state index in [-0.39, 0.29) is 17.5 Å². The van der Waals surface area contributed by atoms with Crippen molar-refractivity contribution in [2.24, 2.45) is 0 Å². The number of hydrogen-bond acceptors (Lipinski definition) is 7. The number of nitrogens with zero attached hydrogens (tertiary/aromatic N) is 3. The van der Waals surface area contributed by atoms with Crippen LogP contribution in [0.25, 0.3) is 0 Å². The number of ether oxygens (including phenoxy) is 1. The zero-order valence-corrected chi connectivity index (χ0v) is 12.4. The van der Waals surface area contributed by atoms with E-state index in [1.165, 1.54) is 12.4 Å². The van der Waals surface area contributed by atoms with Crippen molar-refractivity contribution >= 4 is 16.0 Å². The summed E-state index contributed by atoms with van der Waals surface area (Å²) >= 11 is 0. The maximum atomic E-state index is 12.1. The third kappa shape index (κ3) is 3.85. The van der Waals surface area contributed by atoms with Crippen LogP contribution in [-0.4, -0.2) is 69.7 Å². The first-order valence-corrected chi connectivity index (χ1v) is 7.79. The van der Waals surface area contributed by atoms with Gasteiger partial charge in [0.2, 0.25) is 16.0 Å². The van der Waals surface area contributed by atoms with E-state index >= 15 is 0 Å². The molecule has 1 aromatic rings. The molecule has 0 saturated carbocycles. The Labute approximate surface area is 118 Å². The molecule has 2 rings (SSSR count). The number of aromatic nitrogens is 2. The average molecular weight is 301 g/mol. The minimum atomic E-state index is -3.60. The van der Waals surface area contributed by atoms with Gasteiger partial charge >= 0.3 is 0 Å². The molecule has 20 heavy (non-hydrogen) atoms. The molecule has 8 nitrogen and oxygen atoms in total. The SMILES string of the molecule is CNc1ncc(S(=O)(=O)NCC2CN(C)CCO2)cn1. The Hall–Kier alpha value is -1.29. The summed E-state index contributed by atoms with van der Waals surface area (Å²) in [6, 6.07) is 0. The molecule has 1 aliphatic heterocycles. The predicted octanol–water partition coefficient (Wildman–Crippen LogP) is -0.873. The van der Waals surface area contributed by atoms with Crippen LogP contribution in [0.4, 0.5) is 5.95 Å². The zero-order chi connectivity index (χ0) is 14.6. The van der Waals surface area contributed by atoms with Gasteiger partial charge in [0.1, 0.15) is 4.90 Å². The highest BCUT2D eigenvalue weighted by molar-refractivity contribution is 7.89. The van der Waals surface area contributed by atoms with Gasteiger partial charge in [0, 0.05) is 26.7 Å². The van der Waals surface area contributed by atoms with Crippen LogP contribution >= 0.6 is 0 Å². The summed E-state index contributed by atoms with van der Waals surface area (Å²) in [5.74, 6) is 0.376. The van der Waals surface area contributed by atoms with Crippen molar-refractivity contribution in [3.63, 3.8) is 0 Å². The van der Waals surface area contributed by atoms with Crippen molar-refractivity contribution in [2.75, 3.05) is 45.7 Å². The van der Waals surface area contributed by atoms with Gasteiger partial charge in [-0.1, -0.05) is 0 Å². The number of morpholine rings is 1. The fourth-order valence-corrected chi connectivity index (χ4v) is 2.82. The Kier molecular flexibility index (Phi) is 4.86. The maximum Gasteiger partial charge on any atom is 0.243 e. The van der Waals surface area contributed by atoms with Gasteiger partial charge in [-0.25, -0.2) is 23.1 Å². The van der Waals surface area contributed by atoms with Gasteiger partial charge in [-0.3, -0.25) is 0 Å². The van der Waals surface area contributed by atoms with E-state index in [4.69, 9.17) is 4.74 Å². The summed E-state index contributed by atoms with van der Waals surface area (Å²) in [4.78, 5) is 9.93. The maximum absolute atomic E-state index is 12.1. The largest absolute Gasteiger partial charge is 0.374 e. The highest BCUT2D eigenvalue weighted by Crippen LogP contribution is 2.08. The number of nitrogens with one attached hydrogen (secondary N) is 2. The van der Waals surface area contributed by atoms with Crippen molar-refractivity contribution in [3.8, 4) is 0 Å². The topological polar surface area (TPSA) is 96.5 Å². The van der Waals surface area contributed by atoms with Gasteiger partial charge in [-0.05, 0) is 7.05 Å². The minimum absolute atomic E-state index is 0.0423. The van der Waals surface area contributed by atoms with E-state index in [0.717, 1.165) is 6.54 Å². The van der Waals surface area contributed by atoms with Crippen LogP contribution in [0.15, 0.2) is 17.3 Å². The Morgan fingerprint density at radius 1 is 1.45 bits per heavy atom. The molecule has 1 aliphatic rings. The quantitative estimate of drug-likeness (QED) is 0.729. The van der Waals surface area contributed by atoms with Crippen LogP contribution in [0.3, 0.4) is 0 Å². The van der Waals surface area contributed by atoms with Crippen LogP contribution in [0.5, 0.6) is 0 Å². The highest BCUT2D eigenvalue weighted by atomic mass is 32.2. The first-order chi connectivity index (χ1) is 9.51. The lowest BCUT2D eigenvalue weighted by Gasteiger charge is -2.29. The van der Waals surface area contributed by atoms with Crippen LogP contribution in [0, 0.1) is 0 Å². The highest BCUT2D eigenvalue weighted by Gasteiger charge is 2.21. The second-order valence-electron chi connectivity index (χ2n) is 4.60. The van der Waals surface area contributed by atoms with Crippen LogP contribution in [0.1, 0.15) is 0 Å². The average Bonchev–Trinajstić information content (AvgIpc) is 2.45. The van der Waals surface area contributed by atoms with E-state index < -0.39 is 10.0 Å². The number of hydrogen-bond donors (Lipinski definition) is 2. The second kappa shape index (κ2) is 6.44. The van der Waals surface area contributed by atoms with Crippen molar-refractivity contribution in [3.05, 3.63) is 12.4 Å². The summed E-state index contributed by atoms with van der Waals surface area (Å²) in [5, 5.41) is 2.73. The number of anilines is 1. The molecule has 9 heteroatoms. The minimum Gasteiger partial charge on any atom is -0.374 e. The molecule has 1 aromatic heterocycles. The molecule has 0 radical (unpaired) electrons. The normalized spacial score (nSPS) is 20.8. The third-order valence-corrected chi connectivity index (χ3v) is 4.38. The molecule has 1 saturated heterocycles. The summed E-state index contributed by atoms with van der Waals surface area (Å²) in [6.07, 6.45) is 2.41. The second-order valence-corrected chi connectivity index (χ2v) is 6.37. The molecule has 0 amide bonds. The molecule has 0 bridgehead atoms. The van der Waals surface area contributed by atoms with Crippen molar-refractivity contribution in [1.82, 2.24) is 19.6 Å². The van der Waals surface area contributed by atoms with Gasteiger partial charge in [-0.2, -0.15) is 0 Å². The van der Waals surface area contributed by atoms with Gasteiger partial charge < -0.3 is 15.0 Å².